The van der Waals surface area contributed by atoms with Crippen molar-refractivity contribution in [2.24, 2.45) is 4.99 Å². The third-order valence-corrected chi connectivity index (χ3v) is 5.10. The first kappa shape index (κ1) is 23.3. The molecule has 0 aromatic carbocycles. The quantitative estimate of drug-likeness (QED) is 0.327. The highest BCUT2D eigenvalue weighted by atomic mass is 127. The Morgan fingerprint density at radius 3 is 2.62 bits per heavy atom. The van der Waals surface area contributed by atoms with Gasteiger partial charge in [0.25, 0.3) is 0 Å². The number of piperazine rings is 1. The van der Waals surface area contributed by atoms with Crippen LogP contribution in [0.3, 0.4) is 0 Å². The maximum Gasteiger partial charge on any atom is 0.205 e. The molecule has 26 heavy (non-hydrogen) atoms. The van der Waals surface area contributed by atoms with Crippen LogP contribution in [-0.4, -0.2) is 98.7 Å². The van der Waals surface area contributed by atoms with E-state index in [1.54, 1.807) is 7.11 Å². The summed E-state index contributed by atoms with van der Waals surface area (Å²) in [5, 5.41) is 4.50. The lowest BCUT2D eigenvalue weighted by Crippen LogP contribution is -2.53. The van der Waals surface area contributed by atoms with Crippen molar-refractivity contribution in [3.8, 4) is 0 Å². The van der Waals surface area contributed by atoms with Gasteiger partial charge in [0, 0.05) is 77.9 Å². The molecule has 2 rings (SSSR count). The Morgan fingerprint density at radius 2 is 2.04 bits per heavy atom. The standard InChI is InChI=1S/C16H31N7OS.HI/c1-5-14-19-16(25-20-14)23-10-8-22(9-11-23)15(17-2)18-6-7-21(3)12-13-24-4;/h5-13H2,1-4H3,(H,17,18);1H. The van der Waals surface area contributed by atoms with Crippen molar-refractivity contribution in [3.05, 3.63) is 5.82 Å². The Kier molecular flexibility index (Phi) is 11.3. The molecular weight excluding hydrogens is 465 g/mol. The van der Waals surface area contributed by atoms with E-state index < -0.39 is 0 Å². The average molecular weight is 497 g/mol. The molecule has 1 fully saturated rings. The van der Waals surface area contributed by atoms with Gasteiger partial charge in [-0.25, -0.2) is 4.98 Å². The SMILES string of the molecule is CCc1nsc(N2CCN(C(=NC)NCCN(C)CCOC)CC2)n1.I. The van der Waals surface area contributed by atoms with Gasteiger partial charge in [0.05, 0.1) is 6.61 Å². The van der Waals surface area contributed by atoms with Gasteiger partial charge in [-0.1, -0.05) is 6.92 Å². The number of nitrogens with one attached hydrogen (secondary N) is 1. The fraction of sp³-hybridized carbons (Fsp3) is 0.812. The molecule has 150 valence electrons. The second-order valence-corrected chi connectivity index (χ2v) is 6.82. The second-order valence-electron chi connectivity index (χ2n) is 6.09. The molecule has 8 nitrogen and oxygen atoms in total. The van der Waals surface area contributed by atoms with Crippen LogP contribution in [0.1, 0.15) is 12.7 Å². The van der Waals surface area contributed by atoms with E-state index in [9.17, 15) is 0 Å². The molecule has 0 spiro atoms. The molecule has 0 unspecified atom stereocenters. The van der Waals surface area contributed by atoms with E-state index >= 15 is 0 Å². The zero-order chi connectivity index (χ0) is 18.1. The molecule has 2 heterocycles. The number of halogens is 1. The Bertz CT molecular complexity index is 534. The minimum Gasteiger partial charge on any atom is -0.383 e. The third kappa shape index (κ3) is 7.12. The van der Waals surface area contributed by atoms with Crippen molar-refractivity contribution in [3.63, 3.8) is 0 Å². The molecule has 10 heteroatoms. The Hall–Kier alpha value is -0.720. The number of likely N-dealkylation sites (N-methyl/N-ethyl adjacent to an activating group) is 1. The molecule has 1 aromatic rings. The van der Waals surface area contributed by atoms with Gasteiger partial charge >= 0.3 is 0 Å². The highest BCUT2D eigenvalue weighted by molar-refractivity contribution is 14.0. The number of methoxy groups -OCH3 is 1. The predicted molar refractivity (Wildman–Crippen MR) is 119 cm³/mol. The van der Waals surface area contributed by atoms with Crippen molar-refractivity contribution in [2.75, 3.05) is 78.5 Å². The van der Waals surface area contributed by atoms with E-state index in [2.05, 4.69) is 48.3 Å². The average Bonchev–Trinajstić information content (AvgIpc) is 3.13. The molecule has 1 N–H and O–H groups in total. The lowest BCUT2D eigenvalue weighted by Gasteiger charge is -2.36. The Labute approximate surface area is 178 Å². The van der Waals surface area contributed by atoms with Gasteiger partial charge in [-0.3, -0.25) is 4.99 Å². The number of nitrogens with zero attached hydrogens (tertiary/aromatic N) is 6. The molecule has 0 aliphatic carbocycles. The summed E-state index contributed by atoms with van der Waals surface area (Å²) in [5.74, 6) is 1.92. The zero-order valence-electron chi connectivity index (χ0n) is 16.3. The fourth-order valence-corrected chi connectivity index (χ4v) is 3.48. The van der Waals surface area contributed by atoms with Gasteiger partial charge in [-0.05, 0) is 7.05 Å². The molecular formula is C16H32IN7OS. The summed E-state index contributed by atoms with van der Waals surface area (Å²) in [6.07, 6.45) is 0.895. The maximum absolute atomic E-state index is 5.10. The van der Waals surface area contributed by atoms with E-state index in [1.807, 2.05) is 7.05 Å². The van der Waals surface area contributed by atoms with Crippen LogP contribution in [-0.2, 0) is 11.2 Å². The Morgan fingerprint density at radius 1 is 1.31 bits per heavy atom. The van der Waals surface area contributed by atoms with Crippen LogP contribution < -0.4 is 10.2 Å². The molecule has 1 aromatic heterocycles. The largest absolute Gasteiger partial charge is 0.383 e. The van der Waals surface area contributed by atoms with Gasteiger partial charge in [0.2, 0.25) is 5.13 Å². The van der Waals surface area contributed by atoms with E-state index in [4.69, 9.17) is 4.74 Å². The molecule has 1 aliphatic heterocycles. The highest BCUT2D eigenvalue weighted by Crippen LogP contribution is 2.19. The number of hydrogen-bond donors (Lipinski definition) is 1. The summed E-state index contributed by atoms with van der Waals surface area (Å²) in [4.78, 5) is 15.9. The van der Waals surface area contributed by atoms with Gasteiger partial charge in [-0.2, -0.15) is 4.37 Å². The fourth-order valence-electron chi connectivity index (χ4n) is 2.68. The zero-order valence-corrected chi connectivity index (χ0v) is 19.4. The number of aliphatic imine (C=N–C) groups is 1. The number of guanidine groups is 1. The van der Waals surface area contributed by atoms with Crippen LogP contribution in [0.5, 0.6) is 0 Å². The van der Waals surface area contributed by atoms with Crippen LogP contribution in [0.2, 0.25) is 0 Å². The van der Waals surface area contributed by atoms with Crippen LogP contribution >= 0.6 is 35.5 Å². The van der Waals surface area contributed by atoms with Crippen LogP contribution in [0.15, 0.2) is 4.99 Å². The summed E-state index contributed by atoms with van der Waals surface area (Å²) < 4.78 is 9.49. The summed E-state index contributed by atoms with van der Waals surface area (Å²) in [7, 11) is 5.69. The number of aromatic nitrogens is 2. The Balaban J connectivity index is 0.00000338. The smallest absolute Gasteiger partial charge is 0.205 e. The van der Waals surface area contributed by atoms with Crippen LogP contribution in [0.25, 0.3) is 0 Å². The highest BCUT2D eigenvalue weighted by Gasteiger charge is 2.21. The van der Waals surface area contributed by atoms with E-state index in [0.717, 1.165) is 75.8 Å². The predicted octanol–water partition coefficient (Wildman–Crippen LogP) is 0.994. The monoisotopic (exact) mass is 497 g/mol. The minimum absolute atomic E-state index is 0. The van der Waals surface area contributed by atoms with Crippen molar-refractivity contribution >= 4 is 46.6 Å². The lowest BCUT2D eigenvalue weighted by molar-refractivity contribution is 0.162. The second kappa shape index (κ2) is 12.6. The minimum atomic E-state index is 0. The van der Waals surface area contributed by atoms with E-state index in [-0.39, 0.29) is 24.0 Å². The van der Waals surface area contributed by atoms with Crippen molar-refractivity contribution in [2.45, 2.75) is 13.3 Å². The molecule has 0 amide bonds. The van der Waals surface area contributed by atoms with Crippen LogP contribution in [0, 0.1) is 0 Å². The first-order valence-electron chi connectivity index (χ1n) is 8.88. The summed E-state index contributed by atoms with van der Waals surface area (Å²) >= 11 is 1.50. The molecule has 0 saturated carbocycles. The number of ether oxygens (including phenoxy) is 1. The normalized spacial score (nSPS) is 15.3. The van der Waals surface area contributed by atoms with Crippen molar-refractivity contribution in [1.82, 2.24) is 24.5 Å². The van der Waals surface area contributed by atoms with Gasteiger partial charge in [0.15, 0.2) is 5.96 Å². The first-order chi connectivity index (χ1) is 12.2. The van der Waals surface area contributed by atoms with Gasteiger partial charge < -0.3 is 24.8 Å². The first-order valence-corrected chi connectivity index (χ1v) is 9.65. The summed E-state index contributed by atoms with van der Waals surface area (Å²) in [6, 6.07) is 0. The van der Waals surface area contributed by atoms with Crippen molar-refractivity contribution in [1.29, 1.82) is 0 Å². The summed E-state index contributed by atoms with van der Waals surface area (Å²) in [6.45, 7) is 9.43. The topological polar surface area (TPSA) is 69.1 Å². The van der Waals surface area contributed by atoms with E-state index in [0.29, 0.717) is 0 Å². The maximum atomic E-state index is 5.10. The summed E-state index contributed by atoms with van der Waals surface area (Å²) in [5.41, 5.74) is 0. The van der Waals surface area contributed by atoms with Gasteiger partial charge in [-0.15, -0.1) is 24.0 Å². The number of anilines is 1. The lowest BCUT2D eigenvalue weighted by atomic mass is 10.3. The number of hydrogen-bond acceptors (Lipinski definition) is 7. The molecule has 1 aliphatic rings. The molecule has 1 saturated heterocycles. The number of rotatable bonds is 8. The molecule has 0 radical (unpaired) electrons. The van der Waals surface area contributed by atoms with Gasteiger partial charge in [0.1, 0.15) is 5.82 Å². The van der Waals surface area contributed by atoms with Crippen LogP contribution in [0.4, 0.5) is 5.13 Å². The molecule has 0 bridgehead atoms. The third-order valence-electron chi connectivity index (χ3n) is 4.29. The van der Waals surface area contributed by atoms with E-state index in [1.165, 1.54) is 11.5 Å². The van der Waals surface area contributed by atoms with Crippen molar-refractivity contribution < 1.29 is 4.74 Å². The number of aryl methyl sites for hydroxylation is 1. The molecule has 0 atom stereocenters.